The van der Waals surface area contributed by atoms with Crippen LogP contribution in [0.5, 0.6) is 11.6 Å². The minimum absolute atomic E-state index is 0. The fourth-order valence-electron chi connectivity index (χ4n) is 2.29. The van der Waals surface area contributed by atoms with Crippen LogP contribution in [-0.2, 0) is 6.42 Å². The van der Waals surface area contributed by atoms with Crippen molar-refractivity contribution in [2.24, 2.45) is 5.73 Å². The number of benzene rings is 2. The number of para-hydroxylation sites is 1. The van der Waals surface area contributed by atoms with Gasteiger partial charge in [0.15, 0.2) is 0 Å². The molecule has 0 saturated carbocycles. The maximum absolute atomic E-state index is 8.97. The topological polar surface area (TPSA) is 68.4 Å². The van der Waals surface area contributed by atoms with Crippen LogP contribution in [0.3, 0.4) is 0 Å². The van der Waals surface area contributed by atoms with Crippen LogP contribution in [0.4, 0.5) is 0 Å². The number of hydrogen-bond donors (Lipinski definition) is 2. The smallest absolute Gasteiger partial charge is 0.219 e. The number of halogens is 2. The molecule has 24 heavy (non-hydrogen) atoms. The van der Waals surface area contributed by atoms with Gasteiger partial charge in [0.25, 0.3) is 0 Å². The molecule has 0 radical (unpaired) electrons. The summed E-state index contributed by atoms with van der Waals surface area (Å²) in [5.74, 6) is 1.29. The number of aromatic nitrogens is 1. The average molecular weight is 367 g/mol. The molecule has 0 amide bonds. The molecule has 3 aromatic rings. The first kappa shape index (κ1) is 20.2. The minimum Gasteiger partial charge on any atom is -0.439 e. The van der Waals surface area contributed by atoms with Crippen LogP contribution in [0.2, 0.25) is 0 Å². The van der Waals surface area contributed by atoms with Crippen LogP contribution in [0.15, 0.2) is 60.7 Å². The predicted molar refractivity (Wildman–Crippen MR) is 102 cm³/mol. The van der Waals surface area contributed by atoms with Crippen LogP contribution in [0, 0.1) is 0 Å². The van der Waals surface area contributed by atoms with Gasteiger partial charge in [-0.1, -0.05) is 30.3 Å². The molecule has 0 saturated heterocycles. The molecule has 0 fully saturated rings. The van der Waals surface area contributed by atoms with Gasteiger partial charge in [-0.25, -0.2) is 4.98 Å². The molecule has 0 aliphatic rings. The lowest BCUT2D eigenvalue weighted by Gasteiger charge is -2.09. The maximum atomic E-state index is 8.97. The lowest BCUT2D eigenvalue weighted by Crippen LogP contribution is -2.26. The summed E-state index contributed by atoms with van der Waals surface area (Å²) in [4.78, 5) is 4.48. The van der Waals surface area contributed by atoms with Crippen molar-refractivity contribution in [1.29, 1.82) is 0 Å². The number of aliphatic hydroxyl groups excluding tert-OH is 1. The standard InChI is InChI=1S/C18H18N2O2.2ClH/c19-15(12-21)11-13-5-8-16(9-6-13)22-18-10-7-14-3-1-2-4-17(14)20-18;;/h1-10,15,21H,11-12,19H2;2*1H/t15-;;/m0../s1. The Morgan fingerprint density at radius 1 is 0.958 bits per heavy atom. The normalized spacial score (nSPS) is 11.2. The van der Waals surface area contributed by atoms with E-state index in [0.717, 1.165) is 22.2 Å². The second-order valence-corrected chi connectivity index (χ2v) is 5.23. The maximum Gasteiger partial charge on any atom is 0.219 e. The zero-order valence-electron chi connectivity index (χ0n) is 13.0. The van der Waals surface area contributed by atoms with Crippen molar-refractivity contribution in [3.8, 4) is 11.6 Å². The fourth-order valence-corrected chi connectivity index (χ4v) is 2.29. The van der Waals surface area contributed by atoms with Crippen LogP contribution in [-0.4, -0.2) is 22.7 Å². The zero-order chi connectivity index (χ0) is 15.4. The molecule has 1 atom stereocenters. The number of ether oxygens (including phenoxy) is 1. The van der Waals surface area contributed by atoms with E-state index >= 15 is 0 Å². The number of aliphatic hydroxyl groups is 1. The molecule has 0 spiro atoms. The third-order valence-electron chi connectivity index (χ3n) is 3.45. The Hall–Kier alpha value is -1.85. The molecular weight excluding hydrogens is 347 g/mol. The molecule has 0 unspecified atom stereocenters. The predicted octanol–water partition coefficient (Wildman–Crippen LogP) is 3.73. The van der Waals surface area contributed by atoms with Crippen LogP contribution in [0.1, 0.15) is 5.56 Å². The van der Waals surface area contributed by atoms with Gasteiger partial charge >= 0.3 is 0 Å². The summed E-state index contributed by atoms with van der Waals surface area (Å²) < 4.78 is 5.78. The summed E-state index contributed by atoms with van der Waals surface area (Å²) in [6.07, 6.45) is 0.644. The lowest BCUT2D eigenvalue weighted by molar-refractivity contribution is 0.265. The quantitative estimate of drug-likeness (QED) is 0.721. The van der Waals surface area contributed by atoms with Crippen LogP contribution < -0.4 is 10.5 Å². The Morgan fingerprint density at radius 2 is 1.67 bits per heavy atom. The summed E-state index contributed by atoms with van der Waals surface area (Å²) >= 11 is 0. The van der Waals surface area contributed by atoms with Crippen molar-refractivity contribution in [2.75, 3.05) is 6.61 Å². The molecule has 2 aromatic carbocycles. The van der Waals surface area contributed by atoms with E-state index in [9.17, 15) is 0 Å². The lowest BCUT2D eigenvalue weighted by atomic mass is 10.1. The van der Waals surface area contributed by atoms with E-state index < -0.39 is 0 Å². The highest BCUT2D eigenvalue weighted by Gasteiger charge is 2.04. The van der Waals surface area contributed by atoms with Gasteiger partial charge in [0, 0.05) is 17.5 Å². The highest BCUT2D eigenvalue weighted by atomic mass is 35.5. The van der Waals surface area contributed by atoms with E-state index in [1.54, 1.807) is 0 Å². The SMILES string of the molecule is Cl.Cl.N[C@H](CO)Cc1ccc(Oc2ccc3ccccc3n2)cc1. The van der Waals surface area contributed by atoms with Gasteiger partial charge in [0.2, 0.25) is 5.88 Å². The van der Waals surface area contributed by atoms with Gasteiger partial charge in [0.05, 0.1) is 12.1 Å². The van der Waals surface area contributed by atoms with E-state index in [4.69, 9.17) is 15.6 Å². The molecule has 128 valence electrons. The summed E-state index contributed by atoms with van der Waals surface area (Å²) in [5, 5.41) is 10.1. The second-order valence-electron chi connectivity index (χ2n) is 5.23. The monoisotopic (exact) mass is 366 g/mol. The summed E-state index contributed by atoms with van der Waals surface area (Å²) in [7, 11) is 0. The van der Waals surface area contributed by atoms with Gasteiger partial charge in [-0.3, -0.25) is 0 Å². The Balaban J connectivity index is 0.00000144. The molecule has 0 bridgehead atoms. The first-order valence-electron chi connectivity index (χ1n) is 7.23. The van der Waals surface area contributed by atoms with Gasteiger partial charge in [-0.2, -0.15) is 0 Å². The molecule has 1 heterocycles. The highest BCUT2D eigenvalue weighted by Crippen LogP contribution is 2.22. The van der Waals surface area contributed by atoms with Crippen molar-refractivity contribution in [2.45, 2.75) is 12.5 Å². The molecule has 0 aliphatic carbocycles. The molecule has 0 aliphatic heterocycles. The zero-order valence-corrected chi connectivity index (χ0v) is 14.6. The van der Waals surface area contributed by atoms with Crippen LogP contribution >= 0.6 is 24.8 Å². The first-order chi connectivity index (χ1) is 10.7. The molecule has 1 aromatic heterocycles. The van der Waals surface area contributed by atoms with Gasteiger partial charge in [-0.15, -0.1) is 24.8 Å². The van der Waals surface area contributed by atoms with Gasteiger partial charge < -0.3 is 15.6 Å². The van der Waals surface area contributed by atoms with E-state index in [1.165, 1.54) is 0 Å². The fraction of sp³-hybridized carbons (Fsp3) is 0.167. The Labute approximate surface area is 153 Å². The number of hydrogen-bond acceptors (Lipinski definition) is 4. The molecule has 4 nitrogen and oxygen atoms in total. The molecule has 3 N–H and O–H groups in total. The summed E-state index contributed by atoms with van der Waals surface area (Å²) in [6, 6.07) is 19.2. The van der Waals surface area contributed by atoms with E-state index in [-0.39, 0.29) is 37.5 Å². The molecular formula is C18H20Cl2N2O2. The second kappa shape index (κ2) is 9.45. The largest absolute Gasteiger partial charge is 0.439 e. The van der Waals surface area contributed by atoms with Crippen molar-refractivity contribution in [1.82, 2.24) is 4.98 Å². The van der Waals surface area contributed by atoms with E-state index in [0.29, 0.717) is 12.3 Å². The first-order valence-corrected chi connectivity index (χ1v) is 7.23. The summed E-state index contributed by atoms with van der Waals surface area (Å²) in [6.45, 7) is -0.0146. The van der Waals surface area contributed by atoms with Crippen molar-refractivity contribution in [3.63, 3.8) is 0 Å². The number of nitrogens with zero attached hydrogens (tertiary/aromatic N) is 1. The summed E-state index contributed by atoms with van der Waals surface area (Å²) in [5.41, 5.74) is 7.71. The third kappa shape index (κ3) is 5.08. The third-order valence-corrected chi connectivity index (χ3v) is 3.45. The Morgan fingerprint density at radius 3 is 2.38 bits per heavy atom. The van der Waals surface area contributed by atoms with Crippen molar-refractivity contribution >= 4 is 35.7 Å². The van der Waals surface area contributed by atoms with Crippen molar-refractivity contribution in [3.05, 3.63) is 66.2 Å². The average Bonchev–Trinajstić information content (AvgIpc) is 2.56. The van der Waals surface area contributed by atoms with Crippen molar-refractivity contribution < 1.29 is 9.84 Å². The number of fused-ring (bicyclic) bond motifs is 1. The van der Waals surface area contributed by atoms with E-state index in [2.05, 4.69) is 4.98 Å². The van der Waals surface area contributed by atoms with Crippen LogP contribution in [0.25, 0.3) is 10.9 Å². The number of nitrogens with two attached hydrogens (primary N) is 1. The Kier molecular flexibility index (Phi) is 7.95. The minimum atomic E-state index is -0.228. The van der Waals surface area contributed by atoms with Gasteiger partial charge in [0.1, 0.15) is 5.75 Å². The molecule has 3 rings (SSSR count). The van der Waals surface area contributed by atoms with E-state index in [1.807, 2.05) is 60.7 Å². The Bertz CT molecular complexity index is 766. The number of rotatable bonds is 5. The molecule has 6 heteroatoms. The van der Waals surface area contributed by atoms with Gasteiger partial charge in [-0.05, 0) is 36.2 Å². The number of pyridine rings is 1. The highest BCUT2D eigenvalue weighted by molar-refractivity contribution is 5.85.